The third-order valence-corrected chi connectivity index (χ3v) is 5.56. The van der Waals surface area contributed by atoms with Crippen molar-refractivity contribution in [3.63, 3.8) is 0 Å². The van der Waals surface area contributed by atoms with E-state index in [4.69, 9.17) is 23.6 Å². The van der Waals surface area contributed by atoms with E-state index in [1.54, 1.807) is 0 Å². The van der Waals surface area contributed by atoms with E-state index in [0.717, 1.165) is 6.54 Å². The first-order valence-electron chi connectivity index (χ1n) is 6.01. The van der Waals surface area contributed by atoms with E-state index in [9.17, 15) is 0 Å². The van der Waals surface area contributed by atoms with Gasteiger partial charge in [0.15, 0.2) is 0 Å². The summed E-state index contributed by atoms with van der Waals surface area (Å²) in [6.07, 6.45) is 8.59. The van der Waals surface area contributed by atoms with Crippen molar-refractivity contribution in [2.45, 2.75) is 19.6 Å². The summed E-state index contributed by atoms with van der Waals surface area (Å²) in [5, 5.41) is 0. The molecular formula is C14H17Cl2NSiTi-. The van der Waals surface area contributed by atoms with Crippen LogP contribution in [0.3, 0.4) is 0 Å². The predicted octanol–water partition coefficient (Wildman–Crippen LogP) is 5.09. The molecule has 5 heteroatoms. The number of rotatable bonds is 4. The van der Waals surface area contributed by atoms with Gasteiger partial charge in [-0.1, -0.05) is 57.2 Å². The molecule has 1 aliphatic rings. The van der Waals surface area contributed by atoms with Crippen LogP contribution in [0, 0.1) is 31.2 Å². The molecule has 0 aliphatic heterocycles. The van der Waals surface area contributed by atoms with Gasteiger partial charge in [0.05, 0.1) is 0 Å². The fourth-order valence-corrected chi connectivity index (χ4v) is 3.51. The van der Waals surface area contributed by atoms with E-state index in [1.807, 2.05) is 6.07 Å². The molecule has 0 amide bonds. The Morgan fingerprint density at radius 2 is 1.58 bits per heavy atom. The number of hydrogen-bond donors (Lipinski definition) is 0. The second-order valence-corrected chi connectivity index (χ2v) is 11.2. The summed E-state index contributed by atoms with van der Waals surface area (Å²) < 4.78 is 0. The van der Waals surface area contributed by atoms with Crippen LogP contribution in [-0.4, -0.2) is 8.24 Å². The minimum absolute atomic E-state index is 0.556. The van der Waals surface area contributed by atoms with E-state index >= 15 is 0 Å². The van der Waals surface area contributed by atoms with Gasteiger partial charge in [0.2, 0.25) is 0 Å². The molecule has 2 rings (SSSR count). The van der Waals surface area contributed by atoms with E-state index < -0.39 is 25.3 Å². The molecule has 19 heavy (non-hydrogen) atoms. The van der Waals surface area contributed by atoms with Gasteiger partial charge in [-0.05, 0) is 31.2 Å². The van der Waals surface area contributed by atoms with Crippen molar-refractivity contribution in [2.75, 3.05) is 0 Å². The van der Waals surface area contributed by atoms with Crippen LogP contribution < -0.4 is 0 Å². The monoisotopic (exact) mass is 345 g/mol. The summed E-state index contributed by atoms with van der Waals surface area (Å²) in [4.78, 5) is 4.91. The van der Waals surface area contributed by atoms with Gasteiger partial charge in [0, 0.05) is 0 Å². The second-order valence-electron chi connectivity index (χ2n) is 4.61. The van der Waals surface area contributed by atoms with Gasteiger partial charge in [-0.25, -0.2) is 0 Å². The predicted molar refractivity (Wildman–Crippen MR) is 83.1 cm³/mol. The van der Waals surface area contributed by atoms with Crippen LogP contribution in [0.1, 0.15) is 5.56 Å². The van der Waals surface area contributed by atoms with Crippen molar-refractivity contribution in [1.29, 1.82) is 0 Å². The van der Waals surface area contributed by atoms with Crippen LogP contribution in [-0.2, 0) is 23.6 Å². The van der Waals surface area contributed by atoms with Crippen molar-refractivity contribution in [2.24, 2.45) is 0 Å². The van der Waals surface area contributed by atoms with E-state index in [1.165, 1.54) is 11.1 Å². The van der Waals surface area contributed by atoms with Crippen molar-refractivity contribution >= 4 is 26.8 Å². The maximum atomic E-state index is 4.91. The first kappa shape index (κ1) is 17.7. The molecular weight excluding hydrogens is 329 g/mol. The first-order valence-corrected chi connectivity index (χ1v) is 13.3. The molecule has 1 saturated carbocycles. The van der Waals surface area contributed by atoms with Crippen LogP contribution in [0.4, 0.5) is 0 Å². The summed E-state index contributed by atoms with van der Waals surface area (Å²) in [6.45, 7) is 5.43. The van der Waals surface area contributed by atoms with Crippen molar-refractivity contribution < 1.29 is 17.0 Å². The fourth-order valence-electron chi connectivity index (χ4n) is 1.75. The molecule has 1 aromatic carbocycles. The zero-order chi connectivity index (χ0) is 14.1. The van der Waals surface area contributed by atoms with Gasteiger partial charge in [0.25, 0.3) is 0 Å². The Labute approximate surface area is 135 Å². The Kier molecular flexibility index (Phi) is 8.96. The number of nitrogens with zero attached hydrogens (tertiary/aromatic N) is 1. The first-order chi connectivity index (χ1) is 9.10. The van der Waals surface area contributed by atoms with Crippen molar-refractivity contribution in [1.82, 2.24) is 0 Å². The molecule has 1 aliphatic carbocycles. The molecule has 0 N–H and O–H groups in total. The normalized spacial score (nSPS) is 15.8. The molecule has 1 fully saturated rings. The van der Waals surface area contributed by atoms with Gasteiger partial charge in [0.1, 0.15) is 0 Å². The molecule has 0 heterocycles. The molecule has 0 bridgehead atoms. The molecule has 0 aromatic heterocycles. The van der Waals surface area contributed by atoms with Gasteiger partial charge in [-0.2, -0.15) is 0 Å². The Morgan fingerprint density at radius 3 is 2.11 bits per heavy atom. The van der Waals surface area contributed by atoms with Crippen LogP contribution in [0.5, 0.6) is 0 Å². The molecule has 101 valence electrons. The molecule has 1 nitrogen and oxygen atoms in total. The topological polar surface area (TPSA) is 14.1 Å². The van der Waals surface area contributed by atoms with E-state index in [2.05, 4.69) is 63.0 Å². The number of hydrogen-bond acceptors (Lipinski definition) is 0. The third kappa shape index (κ3) is 6.79. The summed E-state index contributed by atoms with van der Waals surface area (Å²) in [7, 11) is 8.19. The summed E-state index contributed by atoms with van der Waals surface area (Å²) in [5.41, 5.74) is 2.72. The molecule has 0 saturated heterocycles. The summed E-state index contributed by atoms with van der Waals surface area (Å²) in [5.74, 6) is 0. The number of benzene rings is 1. The molecule has 5 radical (unpaired) electrons. The second kappa shape index (κ2) is 9.60. The third-order valence-electron chi connectivity index (χ3n) is 2.87. The van der Waals surface area contributed by atoms with Gasteiger partial charge < -0.3 is 4.98 Å². The molecule has 0 unspecified atom stereocenters. The van der Waals surface area contributed by atoms with E-state index in [-0.39, 0.29) is 0 Å². The average Bonchev–Trinajstić information content (AvgIpc) is 2.93. The van der Waals surface area contributed by atoms with Crippen LogP contribution in [0.2, 0.25) is 13.1 Å². The maximum absolute atomic E-state index is 4.91. The standard InChI is InChI=1S/C14H17NSi.2ClH.Ti/c1-16(2,14-10-6-7-11-14)15-12-13-8-4-3-5-9-13;;;/h3-11H,12H2,1-2H3;2*1H;/q-1;;;+2/p-2. The molecule has 0 spiro atoms. The summed E-state index contributed by atoms with van der Waals surface area (Å²) >= 11 is -0.556. The van der Waals surface area contributed by atoms with Crippen LogP contribution in [0.15, 0.2) is 30.3 Å². The van der Waals surface area contributed by atoms with Crippen LogP contribution in [0.25, 0.3) is 4.98 Å². The quantitative estimate of drug-likeness (QED) is 0.675. The SMILES string of the molecule is C[Si](C)([N-]Cc1ccccc1)[C]1[CH][CH][CH][CH]1.[Cl][Ti][Cl]. The van der Waals surface area contributed by atoms with Crippen LogP contribution >= 0.6 is 18.6 Å². The van der Waals surface area contributed by atoms with Gasteiger partial charge >= 0.3 is 35.6 Å². The fraction of sp³-hybridized carbons (Fsp3) is 0.214. The summed E-state index contributed by atoms with van der Waals surface area (Å²) in [6, 6.07) is 10.5. The van der Waals surface area contributed by atoms with E-state index in [0.29, 0.717) is 0 Å². The minimum atomic E-state index is -1.58. The molecule has 0 atom stereocenters. The van der Waals surface area contributed by atoms with Gasteiger partial charge in [-0.3, -0.25) is 0 Å². The van der Waals surface area contributed by atoms with Gasteiger partial charge in [-0.15, -0.1) is 6.54 Å². The Balaban J connectivity index is 0.000000550. The zero-order valence-corrected chi connectivity index (χ0v) is 15.2. The Morgan fingerprint density at radius 1 is 1.05 bits per heavy atom. The van der Waals surface area contributed by atoms with Crippen molar-refractivity contribution in [3.05, 3.63) is 72.1 Å². The molecule has 1 aromatic rings. The Bertz CT molecular complexity index is 343. The number of halogens is 2. The van der Waals surface area contributed by atoms with Crippen molar-refractivity contribution in [3.8, 4) is 0 Å². The average molecular weight is 346 g/mol. The Hall–Kier alpha value is 0.691. The zero-order valence-electron chi connectivity index (χ0n) is 11.1.